The van der Waals surface area contributed by atoms with Crippen LogP contribution in [0.4, 0.5) is 0 Å². The van der Waals surface area contributed by atoms with Gasteiger partial charge in [0.15, 0.2) is 5.65 Å². The molecule has 1 atom stereocenters. The number of carbonyl (C=O) groups is 1. The number of morpholine rings is 1. The lowest BCUT2D eigenvalue weighted by atomic mass is 10.0. The van der Waals surface area contributed by atoms with Gasteiger partial charge in [-0.2, -0.15) is 5.10 Å². The SMILES string of the molecule is C[C@@H](c1ccc(-c2cnc3c(C(N)=O)cnn3c2)cc1)N1CCOCC1. The van der Waals surface area contributed by atoms with Crippen molar-refractivity contribution in [2.24, 2.45) is 5.73 Å². The molecule has 1 saturated heterocycles. The molecule has 0 spiro atoms. The number of primary amides is 1. The molecule has 1 aliphatic heterocycles. The van der Waals surface area contributed by atoms with Gasteiger partial charge in [-0.15, -0.1) is 0 Å². The van der Waals surface area contributed by atoms with E-state index in [4.69, 9.17) is 10.5 Å². The van der Waals surface area contributed by atoms with Gasteiger partial charge < -0.3 is 10.5 Å². The van der Waals surface area contributed by atoms with E-state index in [2.05, 4.69) is 46.2 Å². The van der Waals surface area contributed by atoms with Crippen molar-refractivity contribution in [3.63, 3.8) is 0 Å². The van der Waals surface area contributed by atoms with E-state index in [9.17, 15) is 4.79 Å². The van der Waals surface area contributed by atoms with E-state index in [1.54, 1.807) is 10.7 Å². The highest BCUT2D eigenvalue weighted by Gasteiger charge is 2.18. The molecule has 134 valence electrons. The molecule has 0 saturated carbocycles. The van der Waals surface area contributed by atoms with Crippen LogP contribution in [0.2, 0.25) is 0 Å². The summed E-state index contributed by atoms with van der Waals surface area (Å²) in [5, 5.41) is 4.17. The molecule has 1 fully saturated rings. The van der Waals surface area contributed by atoms with Crippen LogP contribution in [0.3, 0.4) is 0 Å². The van der Waals surface area contributed by atoms with E-state index in [-0.39, 0.29) is 0 Å². The van der Waals surface area contributed by atoms with Crippen LogP contribution in [0, 0.1) is 0 Å². The van der Waals surface area contributed by atoms with E-state index in [0.717, 1.165) is 37.4 Å². The van der Waals surface area contributed by atoms with Gasteiger partial charge in [-0.05, 0) is 18.1 Å². The lowest BCUT2D eigenvalue weighted by Crippen LogP contribution is -2.37. The van der Waals surface area contributed by atoms with E-state index in [0.29, 0.717) is 17.3 Å². The largest absolute Gasteiger partial charge is 0.379 e. The molecule has 1 amide bonds. The molecule has 0 unspecified atom stereocenters. The van der Waals surface area contributed by atoms with Crippen LogP contribution in [0.5, 0.6) is 0 Å². The molecule has 7 heteroatoms. The maximum absolute atomic E-state index is 11.4. The van der Waals surface area contributed by atoms with Crippen LogP contribution in [0.15, 0.2) is 42.9 Å². The van der Waals surface area contributed by atoms with Gasteiger partial charge in [0.2, 0.25) is 0 Å². The summed E-state index contributed by atoms with van der Waals surface area (Å²) in [6.07, 6.45) is 5.04. The summed E-state index contributed by atoms with van der Waals surface area (Å²) in [5.41, 5.74) is 9.39. The summed E-state index contributed by atoms with van der Waals surface area (Å²) in [6.45, 7) is 5.75. The van der Waals surface area contributed by atoms with Crippen molar-refractivity contribution in [1.82, 2.24) is 19.5 Å². The molecule has 3 aromatic rings. The van der Waals surface area contributed by atoms with Crippen molar-refractivity contribution in [1.29, 1.82) is 0 Å². The number of hydrogen-bond donors (Lipinski definition) is 1. The Kier molecular flexibility index (Phi) is 4.40. The van der Waals surface area contributed by atoms with Crippen LogP contribution in [0.25, 0.3) is 16.8 Å². The number of aromatic nitrogens is 3. The zero-order valence-electron chi connectivity index (χ0n) is 14.6. The fraction of sp³-hybridized carbons (Fsp3) is 0.316. The lowest BCUT2D eigenvalue weighted by molar-refractivity contribution is 0.0198. The second kappa shape index (κ2) is 6.86. The summed E-state index contributed by atoms with van der Waals surface area (Å²) < 4.78 is 7.01. The molecule has 0 bridgehead atoms. The van der Waals surface area contributed by atoms with E-state index < -0.39 is 5.91 Å². The van der Waals surface area contributed by atoms with Gasteiger partial charge in [0, 0.05) is 37.1 Å². The number of rotatable bonds is 4. The first kappa shape index (κ1) is 16.7. The average Bonchev–Trinajstić information content (AvgIpc) is 3.12. The molecule has 2 aromatic heterocycles. The van der Waals surface area contributed by atoms with Crippen LogP contribution in [-0.4, -0.2) is 51.7 Å². The Labute approximate surface area is 151 Å². The molecular formula is C19H21N5O2. The first-order chi connectivity index (χ1) is 12.6. The molecule has 4 rings (SSSR count). The predicted molar refractivity (Wildman–Crippen MR) is 97.7 cm³/mol. The minimum atomic E-state index is -0.526. The number of benzene rings is 1. The van der Waals surface area contributed by atoms with Crippen molar-refractivity contribution < 1.29 is 9.53 Å². The number of carbonyl (C=O) groups excluding carboxylic acids is 1. The molecule has 1 aliphatic rings. The van der Waals surface area contributed by atoms with Crippen molar-refractivity contribution in [2.75, 3.05) is 26.3 Å². The minimum Gasteiger partial charge on any atom is -0.379 e. The Balaban J connectivity index is 1.58. The highest BCUT2D eigenvalue weighted by atomic mass is 16.5. The number of hydrogen-bond acceptors (Lipinski definition) is 5. The fourth-order valence-electron chi connectivity index (χ4n) is 3.33. The first-order valence-electron chi connectivity index (χ1n) is 8.69. The van der Waals surface area contributed by atoms with Crippen molar-refractivity contribution >= 4 is 11.6 Å². The molecule has 1 aromatic carbocycles. The maximum atomic E-state index is 11.4. The number of nitrogens with two attached hydrogens (primary N) is 1. The van der Waals surface area contributed by atoms with E-state index >= 15 is 0 Å². The Morgan fingerprint density at radius 3 is 2.58 bits per heavy atom. The van der Waals surface area contributed by atoms with Crippen LogP contribution < -0.4 is 5.73 Å². The van der Waals surface area contributed by atoms with Gasteiger partial charge in [-0.3, -0.25) is 9.69 Å². The van der Waals surface area contributed by atoms with Crippen molar-refractivity contribution in [3.05, 3.63) is 54.0 Å². The van der Waals surface area contributed by atoms with E-state index in [1.807, 2.05) is 6.20 Å². The predicted octanol–water partition coefficient (Wildman–Crippen LogP) is 1.89. The van der Waals surface area contributed by atoms with Crippen LogP contribution >= 0.6 is 0 Å². The molecule has 0 aliphatic carbocycles. The number of fused-ring (bicyclic) bond motifs is 1. The van der Waals surface area contributed by atoms with Crippen LogP contribution in [0.1, 0.15) is 28.9 Å². The second-order valence-electron chi connectivity index (χ2n) is 6.48. The summed E-state index contributed by atoms with van der Waals surface area (Å²) in [7, 11) is 0. The number of nitrogens with zero attached hydrogens (tertiary/aromatic N) is 4. The third-order valence-corrected chi connectivity index (χ3v) is 4.94. The topological polar surface area (TPSA) is 85.8 Å². The zero-order valence-corrected chi connectivity index (χ0v) is 14.6. The third kappa shape index (κ3) is 3.07. The second-order valence-corrected chi connectivity index (χ2v) is 6.48. The van der Waals surface area contributed by atoms with Crippen molar-refractivity contribution in [2.45, 2.75) is 13.0 Å². The molecular weight excluding hydrogens is 330 g/mol. The van der Waals surface area contributed by atoms with Gasteiger partial charge >= 0.3 is 0 Å². The van der Waals surface area contributed by atoms with Crippen molar-refractivity contribution in [3.8, 4) is 11.1 Å². The average molecular weight is 351 g/mol. The summed E-state index contributed by atoms with van der Waals surface area (Å²) in [6, 6.07) is 8.84. The standard InChI is InChI=1S/C19H21N5O2/c1-13(23-6-8-26-9-7-23)14-2-4-15(5-3-14)16-10-21-19-17(18(20)25)11-22-24(19)12-16/h2-5,10-13H,6-9H2,1H3,(H2,20,25)/t13-/m0/s1. The first-order valence-corrected chi connectivity index (χ1v) is 8.69. The number of ether oxygens (including phenoxy) is 1. The molecule has 2 N–H and O–H groups in total. The normalized spacial score (nSPS) is 16.7. The Morgan fingerprint density at radius 2 is 1.88 bits per heavy atom. The summed E-state index contributed by atoms with van der Waals surface area (Å²) in [5.74, 6) is -0.526. The molecule has 0 radical (unpaired) electrons. The summed E-state index contributed by atoms with van der Waals surface area (Å²) >= 11 is 0. The molecule has 26 heavy (non-hydrogen) atoms. The highest BCUT2D eigenvalue weighted by Crippen LogP contribution is 2.25. The Bertz CT molecular complexity index is 929. The quantitative estimate of drug-likeness (QED) is 0.776. The van der Waals surface area contributed by atoms with E-state index in [1.165, 1.54) is 11.8 Å². The van der Waals surface area contributed by atoms with Gasteiger partial charge in [0.05, 0.1) is 19.4 Å². The third-order valence-electron chi connectivity index (χ3n) is 4.94. The van der Waals surface area contributed by atoms with Gasteiger partial charge in [0.1, 0.15) is 5.56 Å². The van der Waals surface area contributed by atoms with Gasteiger partial charge in [-0.1, -0.05) is 24.3 Å². The van der Waals surface area contributed by atoms with Gasteiger partial charge in [-0.25, -0.2) is 9.50 Å². The lowest BCUT2D eigenvalue weighted by Gasteiger charge is -2.32. The number of amides is 1. The summed E-state index contributed by atoms with van der Waals surface area (Å²) in [4.78, 5) is 18.2. The highest BCUT2D eigenvalue weighted by molar-refractivity contribution is 5.98. The smallest absolute Gasteiger partial charge is 0.254 e. The van der Waals surface area contributed by atoms with Crippen LogP contribution in [-0.2, 0) is 4.74 Å². The van der Waals surface area contributed by atoms with Gasteiger partial charge in [0.25, 0.3) is 5.91 Å². The fourth-order valence-corrected chi connectivity index (χ4v) is 3.33. The molecule has 7 nitrogen and oxygen atoms in total. The zero-order chi connectivity index (χ0) is 18.1. The maximum Gasteiger partial charge on any atom is 0.254 e. The monoisotopic (exact) mass is 351 g/mol. The Morgan fingerprint density at radius 1 is 1.15 bits per heavy atom. The minimum absolute atomic E-state index is 0.325. The molecule has 3 heterocycles. The Hall–Kier alpha value is -2.77.